The zero-order valence-electron chi connectivity index (χ0n) is 20.3. The van der Waals surface area contributed by atoms with E-state index < -0.39 is 5.97 Å². The highest BCUT2D eigenvalue weighted by atomic mass is 16.5. The van der Waals surface area contributed by atoms with E-state index in [0.717, 1.165) is 51.4 Å². The molecule has 5 rings (SSSR count). The average molecular weight is 475 g/mol. The van der Waals surface area contributed by atoms with Gasteiger partial charge in [0.2, 0.25) is 0 Å². The number of nitrogens with zero attached hydrogens (tertiary/aromatic N) is 2. The highest BCUT2D eigenvalue weighted by Gasteiger charge is 2.32. The average Bonchev–Trinajstić information content (AvgIpc) is 2.91. The third kappa shape index (κ3) is 4.97. The number of pyridine rings is 1. The Labute approximate surface area is 205 Å². The Bertz CT molecular complexity index is 1190. The predicted octanol–water partition coefficient (Wildman–Crippen LogP) is 5.19. The van der Waals surface area contributed by atoms with E-state index >= 15 is 0 Å². The van der Waals surface area contributed by atoms with Crippen LogP contribution in [-0.2, 0) is 20.9 Å². The number of hydrogen-bond acceptors (Lipinski definition) is 4. The molecule has 1 heterocycles. The lowest BCUT2D eigenvalue weighted by atomic mass is 9.88. The Morgan fingerprint density at radius 3 is 1.77 bits per heavy atom. The molecule has 6 nitrogen and oxygen atoms in total. The summed E-state index contributed by atoms with van der Waals surface area (Å²) in [5.74, 6) is -0.531. The van der Waals surface area contributed by atoms with Gasteiger partial charge in [-0.05, 0) is 49.9 Å². The van der Waals surface area contributed by atoms with E-state index in [-0.39, 0.29) is 36.6 Å². The first-order valence-electron chi connectivity index (χ1n) is 13.1. The second kappa shape index (κ2) is 10.6. The van der Waals surface area contributed by atoms with Gasteiger partial charge in [0.15, 0.2) is 12.0 Å². The maximum Gasteiger partial charge on any atom is 0.326 e. The second-order valence-corrected chi connectivity index (χ2v) is 9.99. The Hall–Kier alpha value is -3.15. The molecule has 2 saturated carbocycles. The van der Waals surface area contributed by atoms with Crippen LogP contribution in [0.4, 0.5) is 0 Å². The maximum absolute atomic E-state index is 13.4. The molecule has 0 saturated heterocycles. The summed E-state index contributed by atoms with van der Waals surface area (Å²) in [6, 6.07) is 15.1. The third-order valence-corrected chi connectivity index (χ3v) is 7.75. The molecule has 35 heavy (non-hydrogen) atoms. The molecular weight excluding hydrogens is 440 g/mol. The van der Waals surface area contributed by atoms with Crippen molar-refractivity contribution in [1.29, 1.82) is 0 Å². The Morgan fingerprint density at radius 2 is 1.26 bits per heavy atom. The second-order valence-electron chi connectivity index (χ2n) is 9.99. The topological polar surface area (TPSA) is 68.6 Å². The zero-order chi connectivity index (χ0) is 24.2. The molecule has 0 atom stereocenters. The molecule has 6 heteroatoms. The van der Waals surface area contributed by atoms with Gasteiger partial charge in [0, 0.05) is 22.9 Å². The minimum Gasteiger partial charge on any atom is -0.454 e. The monoisotopic (exact) mass is 474 g/mol. The van der Waals surface area contributed by atoms with Crippen LogP contribution in [-0.4, -0.2) is 40.0 Å². The summed E-state index contributed by atoms with van der Waals surface area (Å²) in [4.78, 5) is 41.4. The van der Waals surface area contributed by atoms with E-state index in [9.17, 15) is 14.4 Å². The highest BCUT2D eigenvalue weighted by Crippen LogP contribution is 2.30. The lowest BCUT2D eigenvalue weighted by Crippen LogP contribution is -2.50. The summed E-state index contributed by atoms with van der Waals surface area (Å²) in [7, 11) is 0. The van der Waals surface area contributed by atoms with E-state index in [1.54, 1.807) is 12.1 Å². The van der Waals surface area contributed by atoms with Gasteiger partial charge in [-0.2, -0.15) is 0 Å². The Balaban J connectivity index is 1.34. The van der Waals surface area contributed by atoms with Gasteiger partial charge in [0.1, 0.15) is 6.54 Å². The van der Waals surface area contributed by atoms with Crippen molar-refractivity contribution in [3.8, 4) is 0 Å². The van der Waals surface area contributed by atoms with Crippen molar-refractivity contribution in [3.05, 3.63) is 58.8 Å². The van der Waals surface area contributed by atoms with Crippen molar-refractivity contribution < 1.29 is 14.3 Å². The smallest absolute Gasteiger partial charge is 0.326 e. The molecule has 0 aliphatic heterocycles. The largest absolute Gasteiger partial charge is 0.454 e. The van der Waals surface area contributed by atoms with Crippen molar-refractivity contribution in [3.63, 3.8) is 0 Å². The van der Waals surface area contributed by atoms with Crippen molar-refractivity contribution >= 4 is 33.7 Å². The van der Waals surface area contributed by atoms with Crippen molar-refractivity contribution in [1.82, 2.24) is 9.47 Å². The third-order valence-electron chi connectivity index (χ3n) is 7.75. The number of fused-ring (bicyclic) bond motifs is 2. The number of ether oxygens (including phenoxy) is 1. The molecule has 1 aromatic heterocycles. The van der Waals surface area contributed by atoms with Crippen LogP contribution in [0.3, 0.4) is 0 Å². The molecule has 0 radical (unpaired) electrons. The molecule has 3 aromatic rings. The molecule has 2 aliphatic rings. The fourth-order valence-electron chi connectivity index (χ4n) is 6.06. The van der Waals surface area contributed by atoms with Gasteiger partial charge in [-0.1, -0.05) is 62.8 Å². The standard InChI is InChI=1S/C29H34N2O4/c32-27(31(21-11-3-1-4-12-21)22-13-5-2-6-14-22)20-35-28(33)19-30-25-17-9-7-15-23(25)29(34)24-16-8-10-18-26(24)30/h7-10,15-18,21-22H,1-6,11-14,19-20H2. The van der Waals surface area contributed by atoms with Gasteiger partial charge in [-0.3, -0.25) is 14.4 Å². The minimum atomic E-state index is -0.468. The first kappa shape index (κ1) is 23.6. The molecule has 0 bridgehead atoms. The molecule has 0 unspecified atom stereocenters. The zero-order valence-corrected chi connectivity index (χ0v) is 20.3. The lowest BCUT2D eigenvalue weighted by Gasteiger charge is -2.41. The maximum atomic E-state index is 13.4. The molecule has 0 N–H and O–H groups in total. The van der Waals surface area contributed by atoms with Gasteiger partial charge < -0.3 is 14.2 Å². The van der Waals surface area contributed by atoms with Crippen LogP contribution in [0.1, 0.15) is 64.2 Å². The summed E-state index contributed by atoms with van der Waals surface area (Å²) in [6.07, 6.45) is 11.3. The molecule has 184 valence electrons. The van der Waals surface area contributed by atoms with Gasteiger partial charge >= 0.3 is 5.97 Å². The van der Waals surface area contributed by atoms with E-state index in [0.29, 0.717) is 21.8 Å². The number of aromatic nitrogens is 1. The molecule has 2 fully saturated rings. The van der Waals surface area contributed by atoms with Gasteiger partial charge in [-0.15, -0.1) is 0 Å². The first-order chi connectivity index (χ1) is 17.1. The number of benzene rings is 2. The van der Waals surface area contributed by atoms with Gasteiger partial charge in [0.25, 0.3) is 5.91 Å². The SMILES string of the molecule is O=C(Cn1c2ccccc2c(=O)c2ccccc21)OCC(=O)N(C1CCCCC1)C1CCCCC1. The number of esters is 1. The molecule has 2 aliphatic carbocycles. The molecule has 0 spiro atoms. The van der Waals surface area contributed by atoms with E-state index in [1.165, 1.54) is 12.8 Å². The number of carbonyl (C=O) groups is 2. The van der Waals surface area contributed by atoms with E-state index in [4.69, 9.17) is 4.74 Å². The van der Waals surface area contributed by atoms with Gasteiger partial charge in [0.05, 0.1) is 11.0 Å². The van der Waals surface area contributed by atoms with Crippen LogP contribution in [0.2, 0.25) is 0 Å². The summed E-state index contributed by atoms with van der Waals surface area (Å²) in [5.41, 5.74) is 1.32. The van der Waals surface area contributed by atoms with E-state index in [1.807, 2.05) is 41.0 Å². The predicted molar refractivity (Wildman–Crippen MR) is 137 cm³/mol. The van der Waals surface area contributed by atoms with Crippen molar-refractivity contribution in [2.24, 2.45) is 0 Å². The van der Waals surface area contributed by atoms with Crippen LogP contribution in [0.5, 0.6) is 0 Å². The molecular formula is C29H34N2O4. The normalized spacial score (nSPS) is 17.5. The Kier molecular flexibility index (Phi) is 7.16. The molecule has 1 amide bonds. The summed E-state index contributed by atoms with van der Waals surface area (Å²) in [5, 5.41) is 1.13. The van der Waals surface area contributed by atoms with Crippen LogP contribution in [0.25, 0.3) is 21.8 Å². The van der Waals surface area contributed by atoms with E-state index in [2.05, 4.69) is 4.90 Å². The van der Waals surface area contributed by atoms with Crippen molar-refractivity contribution in [2.45, 2.75) is 82.8 Å². The quantitative estimate of drug-likeness (QED) is 0.364. The number of para-hydroxylation sites is 2. The van der Waals surface area contributed by atoms with Crippen LogP contribution in [0.15, 0.2) is 53.3 Å². The number of amides is 1. The van der Waals surface area contributed by atoms with Crippen LogP contribution >= 0.6 is 0 Å². The number of hydrogen-bond donors (Lipinski definition) is 0. The number of rotatable bonds is 6. The fourth-order valence-corrected chi connectivity index (χ4v) is 6.06. The van der Waals surface area contributed by atoms with Crippen LogP contribution < -0.4 is 5.43 Å². The fraction of sp³-hybridized carbons (Fsp3) is 0.483. The van der Waals surface area contributed by atoms with Gasteiger partial charge in [-0.25, -0.2) is 0 Å². The summed E-state index contributed by atoms with van der Waals surface area (Å²) < 4.78 is 7.39. The highest BCUT2D eigenvalue weighted by molar-refractivity contribution is 5.94. The Morgan fingerprint density at radius 1 is 0.771 bits per heavy atom. The lowest BCUT2D eigenvalue weighted by molar-refractivity contribution is -0.155. The first-order valence-corrected chi connectivity index (χ1v) is 13.1. The molecule has 2 aromatic carbocycles. The van der Waals surface area contributed by atoms with Crippen LogP contribution in [0, 0.1) is 0 Å². The summed E-state index contributed by atoms with van der Waals surface area (Å²) in [6.45, 7) is -0.274. The number of carbonyl (C=O) groups excluding carboxylic acids is 2. The summed E-state index contributed by atoms with van der Waals surface area (Å²) >= 11 is 0. The van der Waals surface area contributed by atoms with Crippen molar-refractivity contribution in [2.75, 3.05) is 6.61 Å². The minimum absolute atomic E-state index is 0.0494.